The maximum absolute atomic E-state index is 11.3. The van der Waals surface area contributed by atoms with E-state index in [0.717, 1.165) is 74.3 Å². The summed E-state index contributed by atoms with van der Waals surface area (Å²) in [6, 6.07) is 8.49. The van der Waals surface area contributed by atoms with Gasteiger partial charge in [0.25, 0.3) is 0 Å². The minimum atomic E-state index is -0.120. The number of amides is 1. The van der Waals surface area contributed by atoms with Crippen LogP contribution in [0, 0.1) is 30.1 Å². The lowest BCUT2D eigenvalue weighted by molar-refractivity contribution is -0.122. The molecular formula is C22H29N3O. The van der Waals surface area contributed by atoms with E-state index >= 15 is 0 Å². The first-order valence-electron chi connectivity index (χ1n) is 9.79. The minimum Gasteiger partial charge on any atom is -0.369 e. The zero-order valence-corrected chi connectivity index (χ0v) is 15.7. The number of rotatable bonds is 5. The Morgan fingerprint density at radius 1 is 1.31 bits per heavy atom. The van der Waals surface area contributed by atoms with Crippen LogP contribution in [0.5, 0.6) is 0 Å². The molecule has 2 N–H and O–H groups in total. The van der Waals surface area contributed by atoms with Crippen LogP contribution >= 0.6 is 0 Å². The second-order valence-electron chi connectivity index (χ2n) is 7.80. The summed E-state index contributed by atoms with van der Waals surface area (Å²) in [6.45, 7) is 5.14. The molecule has 0 saturated heterocycles. The molecule has 1 fully saturated rings. The van der Waals surface area contributed by atoms with Gasteiger partial charge in [0, 0.05) is 19.0 Å². The van der Waals surface area contributed by atoms with Crippen LogP contribution in [0.15, 0.2) is 24.3 Å². The monoisotopic (exact) mass is 351 g/mol. The Balaban J connectivity index is 1.51. The fourth-order valence-corrected chi connectivity index (χ4v) is 4.34. The largest absolute Gasteiger partial charge is 0.369 e. The molecule has 1 heterocycles. The van der Waals surface area contributed by atoms with Crippen molar-refractivity contribution in [2.75, 3.05) is 19.6 Å². The quantitative estimate of drug-likeness (QED) is 0.880. The lowest BCUT2D eigenvalue weighted by atomic mass is 9.80. The van der Waals surface area contributed by atoms with E-state index in [4.69, 9.17) is 5.73 Å². The molecule has 2 aliphatic rings. The van der Waals surface area contributed by atoms with Crippen molar-refractivity contribution in [3.63, 3.8) is 0 Å². The lowest BCUT2D eigenvalue weighted by Crippen LogP contribution is -2.32. The lowest BCUT2D eigenvalue weighted by Gasteiger charge is -2.31. The number of hydrogen-bond donors (Lipinski definition) is 1. The van der Waals surface area contributed by atoms with Crippen LogP contribution in [0.4, 0.5) is 0 Å². The molecule has 0 aromatic heterocycles. The Morgan fingerprint density at radius 3 is 2.69 bits per heavy atom. The third kappa shape index (κ3) is 4.34. The first kappa shape index (κ1) is 18.7. The van der Waals surface area contributed by atoms with Crippen LogP contribution in [0.2, 0.25) is 0 Å². The summed E-state index contributed by atoms with van der Waals surface area (Å²) in [5.41, 5.74) is 9.71. The molecule has 3 rings (SSSR count). The van der Waals surface area contributed by atoms with E-state index in [-0.39, 0.29) is 11.8 Å². The molecule has 1 saturated carbocycles. The molecule has 0 radical (unpaired) electrons. The molecule has 0 unspecified atom stereocenters. The number of carbonyl (C=O) groups is 1. The molecule has 1 aliphatic carbocycles. The number of aryl methyl sites for hydroxylation is 1. The van der Waals surface area contributed by atoms with Gasteiger partial charge in [-0.05, 0) is 74.6 Å². The molecule has 1 amide bonds. The zero-order chi connectivity index (χ0) is 18.5. The number of hydrogen-bond acceptors (Lipinski definition) is 3. The average Bonchev–Trinajstić information content (AvgIpc) is 2.67. The van der Waals surface area contributed by atoms with Gasteiger partial charge in [0.15, 0.2) is 0 Å². The van der Waals surface area contributed by atoms with Gasteiger partial charge < -0.3 is 5.73 Å². The second-order valence-corrected chi connectivity index (χ2v) is 7.80. The number of nitrogens with zero attached hydrogens (tertiary/aromatic N) is 2. The Labute approximate surface area is 156 Å². The van der Waals surface area contributed by atoms with Crippen LogP contribution in [-0.2, 0) is 4.79 Å². The molecular weight excluding hydrogens is 322 g/mol. The van der Waals surface area contributed by atoms with Gasteiger partial charge in [0.2, 0.25) is 5.91 Å². The Hall–Kier alpha value is -2.12. The summed E-state index contributed by atoms with van der Waals surface area (Å²) in [5.74, 6) is 0.721. The van der Waals surface area contributed by atoms with Crippen molar-refractivity contribution in [1.29, 1.82) is 5.26 Å². The standard InChI is InChI=1S/C22H29N3O/c1-16-3-2-4-20(21(16)15-23)18-10-13-25(14-11-18)12-9-17-5-7-19(8-6-17)22(24)26/h2-4,10,17,19H,5-9,11-14H2,1H3,(H2,24,26). The number of nitriles is 1. The van der Waals surface area contributed by atoms with E-state index in [9.17, 15) is 10.1 Å². The summed E-state index contributed by atoms with van der Waals surface area (Å²) in [5, 5.41) is 9.45. The second kappa shape index (κ2) is 8.51. The molecule has 4 nitrogen and oxygen atoms in total. The van der Waals surface area contributed by atoms with Crippen molar-refractivity contribution >= 4 is 11.5 Å². The van der Waals surface area contributed by atoms with Gasteiger partial charge in [0.1, 0.15) is 6.07 Å². The fraction of sp³-hybridized carbons (Fsp3) is 0.545. The van der Waals surface area contributed by atoms with Gasteiger partial charge in [0.05, 0.1) is 5.56 Å². The number of primary amides is 1. The van der Waals surface area contributed by atoms with Crippen LogP contribution in [0.3, 0.4) is 0 Å². The summed E-state index contributed by atoms with van der Waals surface area (Å²) in [6.07, 6.45) is 8.72. The summed E-state index contributed by atoms with van der Waals surface area (Å²) in [7, 11) is 0. The van der Waals surface area contributed by atoms with Crippen molar-refractivity contribution in [2.45, 2.75) is 45.4 Å². The molecule has 26 heavy (non-hydrogen) atoms. The van der Waals surface area contributed by atoms with Gasteiger partial charge in [-0.15, -0.1) is 0 Å². The first-order valence-corrected chi connectivity index (χ1v) is 9.79. The highest BCUT2D eigenvalue weighted by atomic mass is 16.1. The van der Waals surface area contributed by atoms with E-state index in [1.165, 1.54) is 12.0 Å². The van der Waals surface area contributed by atoms with Gasteiger partial charge >= 0.3 is 0 Å². The van der Waals surface area contributed by atoms with E-state index in [1.54, 1.807) is 0 Å². The van der Waals surface area contributed by atoms with Crippen molar-refractivity contribution in [1.82, 2.24) is 4.90 Å². The molecule has 138 valence electrons. The molecule has 0 bridgehead atoms. The third-order valence-corrected chi connectivity index (χ3v) is 6.13. The number of carbonyl (C=O) groups excluding carboxylic acids is 1. The molecule has 1 aliphatic heterocycles. The molecule has 1 aromatic carbocycles. The van der Waals surface area contributed by atoms with Crippen LogP contribution in [-0.4, -0.2) is 30.4 Å². The maximum atomic E-state index is 11.3. The predicted octanol–water partition coefficient (Wildman–Crippen LogP) is 3.64. The molecule has 0 atom stereocenters. The normalized spacial score (nSPS) is 23.9. The predicted molar refractivity (Wildman–Crippen MR) is 104 cm³/mol. The summed E-state index contributed by atoms with van der Waals surface area (Å²) in [4.78, 5) is 13.8. The first-order chi connectivity index (χ1) is 12.6. The van der Waals surface area contributed by atoms with E-state index in [0.29, 0.717) is 0 Å². The van der Waals surface area contributed by atoms with E-state index in [2.05, 4.69) is 23.1 Å². The van der Waals surface area contributed by atoms with Crippen LogP contribution in [0.25, 0.3) is 5.57 Å². The highest BCUT2D eigenvalue weighted by Gasteiger charge is 2.25. The molecule has 1 aromatic rings. The van der Waals surface area contributed by atoms with Crippen LogP contribution < -0.4 is 5.73 Å². The van der Waals surface area contributed by atoms with E-state index < -0.39 is 0 Å². The number of nitrogens with two attached hydrogens (primary N) is 1. The topological polar surface area (TPSA) is 70.1 Å². The maximum Gasteiger partial charge on any atom is 0.220 e. The smallest absolute Gasteiger partial charge is 0.220 e. The minimum absolute atomic E-state index is 0.107. The number of benzene rings is 1. The summed E-state index contributed by atoms with van der Waals surface area (Å²) < 4.78 is 0. The van der Waals surface area contributed by atoms with Crippen molar-refractivity contribution in [3.05, 3.63) is 41.0 Å². The molecule has 4 heteroatoms. The molecule has 0 spiro atoms. The SMILES string of the molecule is Cc1cccc(C2=CCN(CCC3CCC(C(N)=O)CC3)CC2)c1C#N. The van der Waals surface area contributed by atoms with Gasteiger partial charge in [-0.25, -0.2) is 0 Å². The van der Waals surface area contributed by atoms with Crippen molar-refractivity contribution in [3.8, 4) is 6.07 Å². The van der Waals surface area contributed by atoms with Crippen molar-refractivity contribution in [2.24, 2.45) is 17.6 Å². The zero-order valence-electron chi connectivity index (χ0n) is 15.7. The summed E-state index contributed by atoms with van der Waals surface area (Å²) >= 11 is 0. The van der Waals surface area contributed by atoms with E-state index in [1.807, 2.05) is 19.1 Å². The highest BCUT2D eigenvalue weighted by molar-refractivity contribution is 5.76. The Morgan fingerprint density at radius 2 is 2.08 bits per heavy atom. The van der Waals surface area contributed by atoms with Gasteiger partial charge in [-0.3, -0.25) is 9.69 Å². The van der Waals surface area contributed by atoms with Crippen LogP contribution in [0.1, 0.15) is 55.2 Å². The average molecular weight is 351 g/mol. The third-order valence-electron chi connectivity index (χ3n) is 6.13. The van der Waals surface area contributed by atoms with Crippen molar-refractivity contribution < 1.29 is 4.79 Å². The fourth-order valence-electron chi connectivity index (χ4n) is 4.34. The van der Waals surface area contributed by atoms with Gasteiger partial charge in [-0.1, -0.05) is 24.3 Å². The van der Waals surface area contributed by atoms with Gasteiger partial charge in [-0.2, -0.15) is 5.26 Å². The Kier molecular flexibility index (Phi) is 6.11. The highest BCUT2D eigenvalue weighted by Crippen LogP contribution is 2.31. The Bertz CT molecular complexity index is 723.